The zero-order valence-corrected chi connectivity index (χ0v) is 31.5. The van der Waals surface area contributed by atoms with Crippen LogP contribution in [0.1, 0.15) is 0 Å². The molecule has 0 aliphatic carbocycles. The fraction of sp³-hybridized carbons (Fsp3) is 0. The van der Waals surface area contributed by atoms with Gasteiger partial charge in [0, 0.05) is 60.8 Å². The number of anilines is 3. The van der Waals surface area contributed by atoms with Gasteiger partial charge in [0.05, 0.1) is 22.1 Å². The van der Waals surface area contributed by atoms with Crippen molar-refractivity contribution in [3.8, 4) is 22.5 Å². The van der Waals surface area contributed by atoms with Gasteiger partial charge in [-0.1, -0.05) is 121 Å². The minimum absolute atomic E-state index is 0.883. The second-order valence-corrected chi connectivity index (χ2v) is 14.9. The Kier molecular flexibility index (Phi) is 7.20. The van der Waals surface area contributed by atoms with Gasteiger partial charge in [-0.05, 0) is 102 Å². The van der Waals surface area contributed by atoms with Crippen molar-refractivity contribution in [1.29, 1.82) is 0 Å². The fourth-order valence-corrected chi connectivity index (χ4v) is 9.27. The topological polar surface area (TPSA) is 26.2 Å². The molecule has 0 unspecified atom stereocenters. The highest BCUT2D eigenvalue weighted by molar-refractivity contribution is 6.22. The summed E-state index contributed by atoms with van der Waals surface area (Å²) >= 11 is 0. The average molecular weight is 742 g/mol. The van der Waals surface area contributed by atoms with E-state index in [0.717, 1.165) is 55.9 Å². The number of rotatable bonds is 6. The van der Waals surface area contributed by atoms with Gasteiger partial charge in [-0.3, -0.25) is 0 Å². The quantitative estimate of drug-likeness (QED) is 0.170. The van der Waals surface area contributed by atoms with Gasteiger partial charge < -0.3 is 18.5 Å². The molecule has 272 valence electrons. The Bertz CT molecular complexity index is 3520. The fourth-order valence-electron chi connectivity index (χ4n) is 9.27. The minimum atomic E-state index is 0.883. The normalized spacial score (nSPS) is 11.8. The van der Waals surface area contributed by atoms with E-state index in [4.69, 9.17) is 4.42 Å². The minimum Gasteiger partial charge on any atom is -0.456 e. The Balaban J connectivity index is 1.08. The lowest BCUT2D eigenvalue weighted by atomic mass is 9.95. The lowest BCUT2D eigenvalue weighted by Gasteiger charge is -2.26. The number of nitrogens with zero attached hydrogens (tertiary/aromatic N) is 3. The molecule has 9 aromatic carbocycles. The number of para-hydroxylation sites is 5. The summed E-state index contributed by atoms with van der Waals surface area (Å²) in [4.78, 5) is 2.34. The van der Waals surface area contributed by atoms with Crippen LogP contribution >= 0.6 is 0 Å². The second-order valence-electron chi connectivity index (χ2n) is 14.9. The maximum atomic E-state index is 6.23. The SMILES string of the molecule is c1ccc(N(c2cccc(-n3c4ccccc4c4c(-c5cccc6c5c5ccccc5n6-c5ccccc5)cccc43)c2)c2ccc3oc4ccccc4c3c2)cc1. The van der Waals surface area contributed by atoms with E-state index in [1.165, 1.54) is 49.2 Å². The summed E-state index contributed by atoms with van der Waals surface area (Å²) in [7, 11) is 0. The van der Waals surface area contributed by atoms with Gasteiger partial charge >= 0.3 is 0 Å². The third-order valence-electron chi connectivity index (χ3n) is 11.7. The highest BCUT2D eigenvalue weighted by Crippen LogP contribution is 2.45. The van der Waals surface area contributed by atoms with Crippen molar-refractivity contribution in [2.24, 2.45) is 0 Å². The summed E-state index contributed by atoms with van der Waals surface area (Å²) in [6.45, 7) is 0. The van der Waals surface area contributed by atoms with Crippen molar-refractivity contribution >= 4 is 82.6 Å². The summed E-state index contributed by atoms with van der Waals surface area (Å²) in [5, 5.41) is 7.18. The summed E-state index contributed by atoms with van der Waals surface area (Å²) in [6.07, 6.45) is 0. The van der Waals surface area contributed by atoms with Crippen molar-refractivity contribution in [2.45, 2.75) is 0 Å². The zero-order chi connectivity index (χ0) is 38.2. The van der Waals surface area contributed by atoms with Crippen LogP contribution in [0.25, 0.3) is 88.1 Å². The molecule has 0 fully saturated rings. The van der Waals surface area contributed by atoms with E-state index in [0.29, 0.717) is 0 Å². The number of furan rings is 1. The molecular weight excluding hydrogens is 707 g/mol. The molecule has 0 atom stereocenters. The first-order chi connectivity index (χ1) is 28.8. The van der Waals surface area contributed by atoms with Crippen LogP contribution in [0, 0.1) is 0 Å². The Morgan fingerprint density at radius 3 is 1.48 bits per heavy atom. The molecule has 3 heterocycles. The first kappa shape index (κ1) is 32.4. The first-order valence-corrected chi connectivity index (χ1v) is 19.8. The largest absolute Gasteiger partial charge is 0.456 e. The maximum absolute atomic E-state index is 6.23. The average Bonchev–Trinajstić information content (AvgIpc) is 3.95. The molecule has 0 amide bonds. The number of hydrogen-bond acceptors (Lipinski definition) is 2. The van der Waals surface area contributed by atoms with Crippen molar-refractivity contribution < 1.29 is 4.42 Å². The molecule has 4 nitrogen and oxygen atoms in total. The molecule has 3 aromatic heterocycles. The van der Waals surface area contributed by atoms with E-state index in [2.05, 4.69) is 214 Å². The third-order valence-corrected chi connectivity index (χ3v) is 11.7. The van der Waals surface area contributed by atoms with Crippen molar-refractivity contribution in [2.75, 3.05) is 4.90 Å². The molecule has 0 saturated heterocycles. The Labute approximate surface area is 334 Å². The molecule has 12 aromatic rings. The van der Waals surface area contributed by atoms with Crippen LogP contribution in [0.5, 0.6) is 0 Å². The maximum Gasteiger partial charge on any atom is 0.135 e. The summed E-state index contributed by atoms with van der Waals surface area (Å²) in [5.41, 5.74) is 14.4. The lowest BCUT2D eigenvalue weighted by Crippen LogP contribution is -2.10. The van der Waals surface area contributed by atoms with Gasteiger partial charge in [-0.2, -0.15) is 0 Å². The van der Waals surface area contributed by atoms with Gasteiger partial charge in [0.2, 0.25) is 0 Å². The Morgan fingerprint density at radius 1 is 0.310 bits per heavy atom. The van der Waals surface area contributed by atoms with E-state index in [9.17, 15) is 0 Å². The molecule has 12 rings (SSSR count). The number of fused-ring (bicyclic) bond motifs is 9. The molecule has 0 aliphatic heterocycles. The molecule has 4 heteroatoms. The van der Waals surface area contributed by atoms with Crippen LogP contribution < -0.4 is 4.90 Å². The number of benzene rings is 9. The third kappa shape index (κ3) is 4.88. The molecule has 0 aliphatic rings. The number of aromatic nitrogens is 2. The van der Waals surface area contributed by atoms with Crippen molar-refractivity contribution in [1.82, 2.24) is 9.13 Å². The highest BCUT2D eigenvalue weighted by atomic mass is 16.3. The smallest absolute Gasteiger partial charge is 0.135 e. The zero-order valence-electron chi connectivity index (χ0n) is 31.5. The predicted octanol–water partition coefficient (Wildman–Crippen LogP) is 14.9. The first-order valence-electron chi connectivity index (χ1n) is 19.8. The van der Waals surface area contributed by atoms with Gasteiger partial charge in [0.25, 0.3) is 0 Å². The molecule has 58 heavy (non-hydrogen) atoms. The highest BCUT2D eigenvalue weighted by Gasteiger charge is 2.22. The molecule has 0 radical (unpaired) electrons. The standard InChI is InChI=1S/C54H35N3O/c1-3-16-36(17-4-1)55(40-32-33-52-46(35-40)41-22-9-12-31-51(41)58-52)38-20-13-21-39(34-38)57-48-28-11-8-24-45(48)54-43(26-15-30-50(54)57)42-25-14-29-49-53(42)44-23-7-10-27-47(44)56(49)37-18-5-2-6-19-37/h1-35H. The molecule has 0 saturated carbocycles. The van der Waals surface area contributed by atoms with Gasteiger partial charge in [0.1, 0.15) is 11.2 Å². The summed E-state index contributed by atoms with van der Waals surface area (Å²) in [5.74, 6) is 0. The molecule has 0 bridgehead atoms. The van der Waals surface area contributed by atoms with E-state index >= 15 is 0 Å². The van der Waals surface area contributed by atoms with Crippen LogP contribution in [0.15, 0.2) is 217 Å². The van der Waals surface area contributed by atoms with Gasteiger partial charge in [-0.15, -0.1) is 0 Å². The van der Waals surface area contributed by atoms with Crippen molar-refractivity contribution in [3.63, 3.8) is 0 Å². The van der Waals surface area contributed by atoms with Gasteiger partial charge in [-0.25, -0.2) is 0 Å². The van der Waals surface area contributed by atoms with Crippen LogP contribution in [0.2, 0.25) is 0 Å². The van der Waals surface area contributed by atoms with Crippen LogP contribution in [-0.4, -0.2) is 9.13 Å². The molecule has 0 spiro atoms. The summed E-state index contributed by atoms with van der Waals surface area (Å²) in [6, 6.07) is 76.2. The second kappa shape index (κ2) is 12.9. The van der Waals surface area contributed by atoms with Gasteiger partial charge in [0.15, 0.2) is 0 Å². The predicted molar refractivity (Wildman–Crippen MR) is 243 cm³/mol. The van der Waals surface area contributed by atoms with Crippen LogP contribution in [0.4, 0.5) is 17.1 Å². The molecular formula is C54H35N3O. The van der Waals surface area contributed by atoms with Crippen LogP contribution in [0.3, 0.4) is 0 Å². The molecule has 0 N–H and O–H groups in total. The lowest BCUT2D eigenvalue weighted by molar-refractivity contribution is 0.669. The Hall–Kier alpha value is -7.82. The van der Waals surface area contributed by atoms with E-state index in [1.54, 1.807) is 0 Å². The Morgan fingerprint density at radius 2 is 0.793 bits per heavy atom. The summed E-state index contributed by atoms with van der Waals surface area (Å²) < 4.78 is 11.1. The van der Waals surface area contributed by atoms with Crippen molar-refractivity contribution in [3.05, 3.63) is 212 Å². The van der Waals surface area contributed by atoms with E-state index in [-0.39, 0.29) is 0 Å². The van der Waals surface area contributed by atoms with E-state index < -0.39 is 0 Å². The van der Waals surface area contributed by atoms with E-state index in [1.807, 2.05) is 12.1 Å². The number of hydrogen-bond donors (Lipinski definition) is 0. The monoisotopic (exact) mass is 741 g/mol. The van der Waals surface area contributed by atoms with Crippen LogP contribution in [-0.2, 0) is 0 Å².